The zero-order valence-corrected chi connectivity index (χ0v) is 15.1. The Kier molecular flexibility index (Phi) is 4.21. The number of aromatic nitrogens is 2. The Hall–Kier alpha value is -2.34. The van der Waals surface area contributed by atoms with E-state index in [1.54, 1.807) is 29.5 Å². The van der Waals surface area contributed by atoms with Crippen LogP contribution >= 0.6 is 34.5 Å². The second kappa shape index (κ2) is 6.52. The Labute approximate surface area is 157 Å². The number of imidazole rings is 1. The number of fused-ring (bicyclic) bond motifs is 1. The molecule has 0 saturated heterocycles. The molecular formula is C18H11Cl2N3OS. The number of halogens is 2. The van der Waals surface area contributed by atoms with Crippen molar-refractivity contribution in [1.82, 2.24) is 9.38 Å². The van der Waals surface area contributed by atoms with E-state index in [1.807, 2.05) is 46.4 Å². The number of hydrogen-bond acceptors (Lipinski definition) is 3. The summed E-state index contributed by atoms with van der Waals surface area (Å²) in [5.41, 5.74) is 2.94. The van der Waals surface area contributed by atoms with Gasteiger partial charge in [-0.1, -0.05) is 35.3 Å². The highest BCUT2D eigenvalue weighted by Gasteiger charge is 2.11. The number of amides is 1. The van der Waals surface area contributed by atoms with Crippen molar-refractivity contribution in [2.75, 3.05) is 5.32 Å². The van der Waals surface area contributed by atoms with Gasteiger partial charge in [0.1, 0.15) is 0 Å². The van der Waals surface area contributed by atoms with Gasteiger partial charge in [0.2, 0.25) is 0 Å². The first-order valence-corrected chi connectivity index (χ1v) is 9.03. The van der Waals surface area contributed by atoms with E-state index in [0.29, 0.717) is 21.3 Å². The van der Waals surface area contributed by atoms with Crippen LogP contribution in [-0.4, -0.2) is 15.3 Å². The summed E-state index contributed by atoms with van der Waals surface area (Å²) in [7, 11) is 0. The summed E-state index contributed by atoms with van der Waals surface area (Å²) in [6.07, 6.45) is 3.95. The largest absolute Gasteiger partial charge is 0.322 e. The van der Waals surface area contributed by atoms with Crippen LogP contribution in [0.5, 0.6) is 0 Å². The zero-order valence-electron chi connectivity index (χ0n) is 12.7. The van der Waals surface area contributed by atoms with Gasteiger partial charge in [0, 0.05) is 34.0 Å². The van der Waals surface area contributed by atoms with Crippen LogP contribution in [0.25, 0.3) is 16.2 Å². The zero-order chi connectivity index (χ0) is 17.4. The molecular weight excluding hydrogens is 377 g/mol. The number of nitrogens with one attached hydrogen (secondary N) is 1. The van der Waals surface area contributed by atoms with Crippen LogP contribution in [0.3, 0.4) is 0 Å². The predicted molar refractivity (Wildman–Crippen MR) is 103 cm³/mol. The smallest absolute Gasteiger partial charge is 0.257 e. The minimum Gasteiger partial charge on any atom is -0.322 e. The molecule has 4 rings (SSSR count). The van der Waals surface area contributed by atoms with E-state index in [2.05, 4.69) is 10.3 Å². The van der Waals surface area contributed by atoms with Gasteiger partial charge in [0.05, 0.1) is 16.3 Å². The van der Waals surface area contributed by atoms with E-state index in [0.717, 1.165) is 16.2 Å². The molecule has 0 fully saturated rings. The second-order valence-corrected chi connectivity index (χ2v) is 7.09. The molecule has 2 heterocycles. The lowest BCUT2D eigenvalue weighted by atomic mass is 10.1. The molecule has 2 aromatic carbocycles. The number of rotatable bonds is 3. The van der Waals surface area contributed by atoms with Crippen molar-refractivity contribution in [2.24, 2.45) is 0 Å². The van der Waals surface area contributed by atoms with Crippen LogP contribution in [-0.2, 0) is 0 Å². The van der Waals surface area contributed by atoms with Gasteiger partial charge in [-0.05, 0) is 30.3 Å². The van der Waals surface area contributed by atoms with Gasteiger partial charge in [0.25, 0.3) is 5.91 Å². The van der Waals surface area contributed by atoms with Gasteiger partial charge >= 0.3 is 0 Å². The Morgan fingerprint density at radius 1 is 1.12 bits per heavy atom. The Bertz CT molecular complexity index is 1040. The SMILES string of the molecule is O=C(Nc1ccc(-c2cn3ccsc3n2)cc1)c1ccc(Cl)cc1Cl. The Morgan fingerprint density at radius 2 is 1.92 bits per heavy atom. The van der Waals surface area contributed by atoms with E-state index in [1.165, 1.54) is 0 Å². The normalized spacial score (nSPS) is 11.0. The highest BCUT2D eigenvalue weighted by atomic mass is 35.5. The molecule has 4 nitrogen and oxygen atoms in total. The molecule has 1 N–H and O–H groups in total. The van der Waals surface area contributed by atoms with Crippen molar-refractivity contribution in [2.45, 2.75) is 0 Å². The van der Waals surface area contributed by atoms with Crippen LogP contribution in [0.2, 0.25) is 10.0 Å². The van der Waals surface area contributed by atoms with Crippen molar-refractivity contribution in [3.63, 3.8) is 0 Å². The van der Waals surface area contributed by atoms with Crippen LogP contribution in [0.1, 0.15) is 10.4 Å². The summed E-state index contributed by atoms with van der Waals surface area (Å²) in [5, 5.41) is 5.63. The first kappa shape index (κ1) is 16.1. The third kappa shape index (κ3) is 3.26. The molecule has 4 aromatic rings. The average molecular weight is 388 g/mol. The van der Waals surface area contributed by atoms with Crippen LogP contribution in [0, 0.1) is 0 Å². The van der Waals surface area contributed by atoms with E-state index < -0.39 is 0 Å². The fraction of sp³-hybridized carbons (Fsp3) is 0. The van der Waals surface area contributed by atoms with Crippen molar-refractivity contribution in [3.05, 3.63) is 75.8 Å². The average Bonchev–Trinajstić information content (AvgIpc) is 3.17. The summed E-state index contributed by atoms with van der Waals surface area (Å²) in [5.74, 6) is -0.281. The fourth-order valence-corrected chi connectivity index (χ4v) is 3.66. The summed E-state index contributed by atoms with van der Waals surface area (Å²) in [4.78, 5) is 17.8. The molecule has 7 heteroatoms. The monoisotopic (exact) mass is 387 g/mol. The van der Waals surface area contributed by atoms with E-state index in [4.69, 9.17) is 23.2 Å². The highest BCUT2D eigenvalue weighted by molar-refractivity contribution is 7.15. The molecule has 0 aliphatic carbocycles. The van der Waals surface area contributed by atoms with Gasteiger partial charge < -0.3 is 5.32 Å². The maximum absolute atomic E-state index is 12.3. The summed E-state index contributed by atoms with van der Waals surface area (Å²) >= 11 is 13.5. The van der Waals surface area contributed by atoms with Crippen molar-refractivity contribution in [1.29, 1.82) is 0 Å². The van der Waals surface area contributed by atoms with E-state index in [-0.39, 0.29) is 5.91 Å². The number of benzene rings is 2. The van der Waals surface area contributed by atoms with E-state index >= 15 is 0 Å². The molecule has 0 aliphatic heterocycles. The summed E-state index contributed by atoms with van der Waals surface area (Å²) in [6.45, 7) is 0. The topological polar surface area (TPSA) is 46.4 Å². The quantitative estimate of drug-likeness (QED) is 0.495. The van der Waals surface area contributed by atoms with Crippen molar-refractivity contribution < 1.29 is 4.79 Å². The molecule has 2 aromatic heterocycles. The molecule has 0 bridgehead atoms. The third-order valence-electron chi connectivity index (χ3n) is 3.71. The molecule has 0 saturated carbocycles. The summed E-state index contributed by atoms with van der Waals surface area (Å²) in [6, 6.07) is 12.3. The molecule has 0 atom stereocenters. The predicted octanol–water partition coefficient (Wildman–Crippen LogP) is 5.62. The van der Waals surface area contributed by atoms with Gasteiger partial charge in [-0.2, -0.15) is 0 Å². The molecule has 124 valence electrons. The van der Waals surface area contributed by atoms with Crippen LogP contribution in [0.4, 0.5) is 5.69 Å². The lowest BCUT2D eigenvalue weighted by Crippen LogP contribution is -2.12. The first-order chi connectivity index (χ1) is 12.1. The number of anilines is 1. The number of nitrogens with zero attached hydrogens (tertiary/aromatic N) is 2. The summed E-state index contributed by atoms with van der Waals surface area (Å²) < 4.78 is 1.98. The van der Waals surface area contributed by atoms with Gasteiger partial charge in [-0.15, -0.1) is 11.3 Å². The van der Waals surface area contributed by atoms with Crippen LogP contribution < -0.4 is 5.32 Å². The third-order valence-corrected chi connectivity index (χ3v) is 5.03. The first-order valence-electron chi connectivity index (χ1n) is 7.39. The Balaban J connectivity index is 1.53. The molecule has 1 amide bonds. The number of thiazole rings is 1. The number of hydrogen-bond donors (Lipinski definition) is 1. The molecule has 0 radical (unpaired) electrons. The second-order valence-electron chi connectivity index (χ2n) is 5.37. The number of carbonyl (C=O) groups is 1. The molecule has 0 unspecified atom stereocenters. The van der Waals surface area contributed by atoms with Gasteiger partial charge in [0.15, 0.2) is 4.96 Å². The standard InChI is InChI=1S/C18H11Cl2N3OS/c19-12-3-6-14(15(20)9-12)17(24)21-13-4-1-11(2-5-13)16-10-23-7-8-25-18(23)22-16/h1-10H,(H,21,24). The fourth-order valence-electron chi connectivity index (χ4n) is 2.46. The van der Waals surface area contributed by atoms with Gasteiger partial charge in [-0.25, -0.2) is 4.98 Å². The lowest BCUT2D eigenvalue weighted by Gasteiger charge is -2.07. The molecule has 25 heavy (non-hydrogen) atoms. The minimum absolute atomic E-state index is 0.281. The minimum atomic E-state index is -0.281. The molecule has 0 aliphatic rings. The highest BCUT2D eigenvalue weighted by Crippen LogP contribution is 2.25. The van der Waals surface area contributed by atoms with Crippen molar-refractivity contribution in [3.8, 4) is 11.3 Å². The van der Waals surface area contributed by atoms with Crippen LogP contribution in [0.15, 0.2) is 60.2 Å². The van der Waals surface area contributed by atoms with Gasteiger partial charge in [-0.3, -0.25) is 9.20 Å². The maximum atomic E-state index is 12.3. The lowest BCUT2D eigenvalue weighted by molar-refractivity contribution is 0.102. The molecule has 0 spiro atoms. The van der Waals surface area contributed by atoms with E-state index in [9.17, 15) is 4.79 Å². The number of carbonyl (C=O) groups excluding carboxylic acids is 1. The Morgan fingerprint density at radius 3 is 2.64 bits per heavy atom. The maximum Gasteiger partial charge on any atom is 0.257 e. The van der Waals surface area contributed by atoms with Crippen molar-refractivity contribution >= 4 is 51.1 Å².